The van der Waals surface area contributed by atoms with E-state index in [-0.39, 0.29) is 24.2 Å². The summed E-state index contributed by atoms with van der Waals surface area (Å²) in [5, 5.41) is 5.65. The minimum absolute atomic E-state index is 0. The Hall–Kier alpha value is -1.30. The minimum atomic E-state index is -0.629. The molecule has 0 heterocycles. The van der Waals surface area contributed by atoms with Crippen molar-refractivity contribution in [2.24, 2.45) is 5.73 Å². The number of amides is 2. The Morgan fingerprint density at radius 2 is 1.89 bits per heavy atom. The molecule has 5 nitrogen and oxygen atoms in total. The molecule has 0 saturated carbocycles. The number of hydrogen-bond donors (Lipinski definition) is 3. The maximum atomic E-state index is 11.5. The fourth-order valence-electron chi connectivity index (χ4n) is 1.17. The summed E-state index contributed by atoms with van der Waals surface area (Å²) in [5.74, 6) is -0.581. The van der Waals surface area contributed by atoms with Crippen molar-refractivity contribution in [3.8, 4) is 0 Å². The number of nitrogens with two attached hydrogens (primary N) is 1. The fraction of sp³-hybridized carbons (Fsp3) is 0.273. The van der Waals surface area contributed by atoms with Crippen LogP contribution in [0, 0.1) is 0 Å². The maximum absolute atomic E-state index is 11.5. The van der Waals surface area contributed by atoms with Crippen LogP contribution in [-0.2, 0) is 9.59 Å². The molecule has 7 heteroatoms. The van der Waals surface area contributed by atoms with Gasteiger partial charge in [-0.2, -0.15) is 0 Å². The molecule has 0 unspecified atom stereocenters. The van der Waals surface area contributed by atoms with E-state index in [1.807, 2.05) is 0 Å². The van der Waals surface area contributed by atoms with Crippen LogP contribution >= 0.6 is 24.0 Å². The van der Waals surface area contributed by atoms with E-state index in [4.69, 9.17) is 17.3 Å². The topological polar surface area (TPSA) is 84.2 Å². The number of carbonyl (C=O) groups is 2. The number of halogens is 2. The first-order chi connectivity index (χ1) is 7.90. The van der Waals surface area contributed by atoms with Crippen LogP contribution in [0.3, 0.4) is 0 Å². The molecule has 100 valence electrons. The molecular weight excluding hydrogens is 277 g/mol. The van der Waals surface area contributed by atoms with E-state index in [1.165, 1.54) is 6.92 Å². The molecule has 0 saturated heterocycles. The van der Waals surface area contributed by atoms with Crippen molar-refractivity contribution in [2.45, 2.75) is 19.9 Å². The van der Waals surface area contributed by atoms with Gasteiger partial charge in [0, 0.05) is 11.9 Å². The van der Waals surface area contributed by atoms with E-state index in [1.54, 1.807) is 25.1 Å². The Balaban J connectivity index is 0.00000289. The maximum Gasteiger partial charge on any atom is 0.241 e. The zero-order valence-electron chi connectivity index (χ0n) is 9.99. The van der Waals surface area contributed by atoms with E-state index >= 15 is 0 Å². The van der Waals surface area contributed by atoms with Crippen LogP contribution in [0.15, 0.2) is 18.2 Å². The zero-order valence-corrected chi connectivity index (χ0v) is 11.6. The summed E-state index contributed by atoms with van der Waals surface area (Å²) in [7, 11) is 0. The zero-order chi connectivity index (χ0) is 13.0. The molecule has 1 aromatic rings. The second-order valence-corrected chi connectivity index (χ2v) is 4.09. The molecule has 0 aliphatic heterocycles. The summed E-state index contributed by atoms with van der Waals surface area (Å²) < 4.78 is 0. The average molecular weight is 292 g/mol. The highest BCUT2D eigenvalue weighted by Gasteiger charge is 2.11. The second-order valence-electron chi connectivity index (χ2n) is 3.65. The monoisotopic (exact) mass is 291 g/mol. The van der Waals surface area contributed by atoms with Gasteiger partial charge in [-0.1, -0.05) is 11.6 Å². The number of benzene rings is 1. The first-order valence-electron chi connectivity index (χ1n) is 5.03. The van der Waals surface area contributed by atoms with Gasteiger partial charge in [-0.05, 0) is 25.1 Å². The van der Waals surface area contributed by atoms with Crippen LogP contribution in [-0.4, -0.2) is 17.9 Å². The van der Waals surface area contributed by atoms with Gasteiger partial charge in [-0.3, -0.25) is 9.59 Å². The number of hydrogen-bond acceptors (Lipinski definition) is 3. The molecule has 0 bridgehead atoms. The third-order valence-electron chi connectivity index (χ3n) is 1.96. The number of nitrogens with one attached hydrogen (secondary N) is 2. The molecular formula is C11H15Cl2N3O2. The van der Waals surface area contributed by atoms with Crippen LogP contribution in [0.1, 0.15) is 13.8 Å². The summed E-state index contributed by atoms with van der Waals surface area (Å²) >= 11 is 5.81. The van der Waals surface area contributed by atoms with E-state index in [2.05, 4.69) is 10.6 Å². The highest BCUT2D eigenvalue weighted by molar-refractivity contribution is 6.31. The summed E-state index contributed by atoms with van der Waals surface area (Å²) in [6, 6.07) is 4.15. The van der Waals surface area contributed by atoms with Gasteiger partial charge in [0.25, 0.3) is 0 Å². The van der Waals surface area contributed by atoms with Gasteiger partial charge in [0.2, 0.25) is 11.8 Å². The van der Waals surface area contributed by atoms with Crippen molar-refractivity contribution in [3.05, 3.63) is 23.2 Å². The smallest absolute Gasteiger partial charge is 0.241 e. The molecule has 2 amide bonds. The Morgan fingerprint density at radius 3 is 2.39 bits per heavy atom. The third kappa shape index (κ3) is 4.91. The number of carbonyl (C=O) groups excluding carboxylic acids is 2. The van der Waals surface area contributed by atoms with E-state index in [0.29, 0.717) is 16.4 Å². The second kappa shape index (κ2) is 7.20. The highest BCUT2D eigenvalue weighted by atomic mass is 35.5. The molecule has 0 radical (unpaired) electrons. The Labute approximate surface area is 116 Å². The van der Waals surface area contributed by atoms with Gasteiger partial charge in [-0.15, -0.1) is 12.4 Å². The summed E-state index contributed by atoms with van der Waals surface area (Å²) in [5.41, 5.74) is 6.35. The molecule has 18 heavy (non-hydrogen) atoms. The lowest BCUT2D eigenvalue weighted by Gasteiger charge is -2.13. The SMILES string of the molecule is CC(=O)Nc1cc(Cl)ccc1NC(=O)[C@H](C)N.Cl. The molecule has 0 fully saturated rings. The normalized spacial score (nSPS) is 11.1. The Morgan fingerprint density at radius 1 is 1.28 bits per heavy atom. The minimum Gasteiger partial charge on any atom is -0.324 e. The molecule has 0 aliphatic carbocycles. The molecule has 1 aromatic carbocycles. The lowest BCUT2D eigenvalue weighted by molar-refractivity contribution is -0.117. The molecule has 0 aromatic heterocycles. The number of rotatable bonds is 3. The van der Waals surface area contributed by atoms with Gasteiger partial charge < -0.3 is 16.4 Å². The summed E-state index contributed by atoms with van der Waals surface area (Å²) in [6.45, 7) is 2.95. The van der Waals surface area contributed by atoms with Crippen molar-refractivity contribution >= 4 is 47.2 Å². The lowest BCUT2D eigenvalue weighted by Crippen LogP contribution is -2.32. The van der Waals surface area contributed by atoms with E-state index in [0.717, 1.165) is 0 Å². The molecule has 4 N–H and O–H groups in total. The molecule has 1 atom stereocenters. The van der Waals surface area contributed by atoms with Gasteiger partial charge in [-0.25, -0.2) is 0 Å². The van der Waals surface area contributed by atoms with Gasteiger partial charge in [0.15, 0.2) is 0 Å². The van der Waals surface area contributed by atoms with Crippen LogP contribution in [0.25, 0.3) is 0 Å². The third-order valence-corrected chi connectivity index (χ3v) is 2.20. The highest BCUT2D eigenvalue weighted by Crippen LogP contribution is 2.25. The predicted molar refractivity (Wildman–Crippen MR) is 75.3 cm³/mol. The predicted octanol–water partition coefficient (Wildman–Crippen LogP) is 2.01. The number of anilines is 2. The van der Waals surface area contributed by atoms with Crippen LogP contribution in [0.5, 0.6) is 0 Å². The summed E-state index contributed by atoms with van der Waals surface area (Å²) in [6.07, 6.45) is 0. The molecule has 0 aliphatic rings. The summed E-state index contributed by atoms with van der Waals surface area (Å²) in [4.78, 5) is 22.5. The average Bonchev–Trinajstić information content (AvgIpc) is 2.20. The fourth-order valence-corrected chi connectivity index (χ4v) is 1.34. The van der Waals surface area contributed by atoms with Crippen molar-refractivity contribution in [1.82, 2.24) is 0 Å². The Bertz CT molecular complexity index is 450. The van der Waals surface area contributed by atoms with Gasteiger partial charge >= 0.3 is 0 Å². The standard InChI is InChI=1S/C11H14ClN3O2.ClH/c1-6(13)11(17)15-9-4-3-8(12)5-10(9)14-7(2)16;/h3-6H,13H2,1-2H3,(H,14,16)(H,15,17);1H/t6-;/m0./s1. The first kappa shape index (κ1) is 16.7. The van der Waals surface area contributed by atoms with Crippen LogP contribution in [0.2, 0.25) is 5.02 Å². The van der Waals surface area contributed by atoms with Crippen molar-refractivity contribution in [2.75, 3.05) is 10.6 Å². The van der Waals surface area contributed by atoms with Gasteiger partial charge in [0.1, 0.15) is 0 Å². The van der Waals surface area contributed by atoms with Crippen LogP contribution < -0.4 is 16.4 Å². The van der Waals surface area contributed by atoms with Crippen molar-refractivity contribution in [3.63, 3.8) is 0 Å². The molecule has 0 spiro atoms. The van der Waals surface area contributed by atoms with E-state index < -0.39 is 6.04 Å². The van der Waals surface area contributed by atoms with Crippen molar-refractivity contribution in [1.29, 1.82) is 0 Å². The first-order valence-corrected chi connectivity index (χ1v) is 5.41. The van der Waals surface area contributed by atoms with E-state index in [9.17, 15) is 9.59 Å². The van der Waals surface area contributed by atoms with Crippen molar-refractivity contribution < 1.29 is 9.59 Å². The lowest BCUT2D eigenvalue weighted by atomic mass is 10.2. The van der Waals surface area contributed by atoms with Gasteiger partial charge in [0.05, 0.1) is 17.4 Å². The van der Waals surface area contributed by atoms with Crippen LogP contribution in [0.4, 0.5) is 11.4 Å². The Kier molecular flexibility index (Phi) is 6.68. The largest absolute Gasteiger partial charge is 0.324 e. The molecule has 1 rings (SSSR count). The quantitative estimate of drug-likeness (QED) is 0.796.